The van der Waals surface area contributed by atoms with Gasteiger partial charge in [-0.25, -0.2) is 0 Å². The van der Waals surface area contributed by atoms with Crippen LogP contribution in [0.15, 0.2) is 36.7 Å². The van der Waals surface area contributed by atoms with Gasteiger partial charge in [-0.3, -0.25) is 14.3 Å². The molecule has 0 unspecified atom stereocenters. The van der Waals surface area contributed by atoms with Gasteiger partial charge in [0.15, 0.2) is 11.6 Å². The Morgan fingerprint density at radius 1 is 1.14 bits per heavy atom. The molecule has 0 amide bonds. The van der Waals surface area contributed by atoms with Crippen LogP contribution in [0.2, 0.25) is 0 Å². The Labute approximate surface area is 123 Å². The summed E-state index contributed by atoms with van der Waals surface area (Å²) in [4.78, 5) is 24.0. The van der Waals surface area contributed by atoms with E-state index in [0.29, 0.717) is 16.9 Å². The van der Waals surface area contributed by atoms with E-state index >= 15 is 0 Å². The van der Waals surface area contributed by atoms with Gasteiger partial charge in [0, 0.05) is 18.8 Å². The van der Waals surface area contributed by atoms with Crippen LogP contribution >= 0.6 is 0 Å². The van der Waals surface area contributed by atoms with Gasteiger partial charge < -0.3 is 4.74 Å². The number of Topliss-reactive ketones (excluding diaryl/α,β-unsaturated/α-hetero) is 2. The molecule has 0 fully saturated rings. The fraction of sp³-hybridized carbons (Fsp3) is 0.312. The molecule has 0 saturated heterocycles. The third-order valence-corrected chi connectivity index (χ3v) is 2.90. The number of rotatable bonds is 6. The van der Waals surface area contributed by atoms with Crippen molar-refractivity contribution < 1.29 is 14.3 Å². The molecule has 21 heavy (non-hydrogen) atoms. The Balaban J connectivity index is 2.01. The number of carbonyl (C=O) groups excluding carboxylic acids is 2. The molecule has 5 heteroatoms. The number of aryl methyl sites for hydroxylation is 1. The normalized spacial score (nSPS) is 10.7. The van der Waals surface area contributed by atoms with E-state index in [1.807, 2.05) is 13.8 Å². The van der Waals surface area contributed by atoms with Crippen molar-refractivity contribution in [1.82, 2.24) is 9.78 Å². The van der Waals surface area contributed by atoms with E-state index in [1.54, 1.807) is 37.5 Å². The number of aromatic nitrogens is 2. The van der Waals surface area contributed by atoms with Crippen molar-refractivity contribution >= 4 is 11.6 Å². The monoisotopic (exact) mass is 286 g/mol. The maximum absolute atomic E-state index is 12.1. The van der Waals surface area contributed by atoms with E-state index in [4.69, 9.17) is 4.74 Å². The smallest absolute Gasteiger partial charge is 0.173 e. The molecule has 0 aliphatic carbocycles. The van der Waals surface area contributed by atoms with Crippen LogP contribution in [0, 0.1) is 0 Å². The third kappa shape index (κ3) is 4.02. The molecule has 0 aliphatic heterocycles. The lowest BCUT2D eigenvalue weighted by atomic mass is 10.0. The topological polar surface area (TPSA) is 61.2 Å². The predicted octanol–water partition coefficient (Wildman–Crippen LogP) is 2.66. The molecule has 1 aromatic carbocycles. The Morgan fingerprint density at radius 3 is 2.29 bits per heavy atom. The molecular formula is C16H18N2O3. The maximum Gasteiger partial charge on any atom is 0.173 e. The largest absolute Gasteiger partial charge is 0.491 e. The number of hydrogen-bond acceptors (Lipinski definition) is 4. The Hall–Kier alpha value is -2.43. The SMILES string of the molecule is CC(C)Oc1ccc(C(=O)CC(=O)c2cnn(C)c2)cc1. The summed E-state index contributed by atoms with van der Waals surface area (Å²) in [5, 5.41) is 3.92. The molecule has 2 aromatic rings. The van der Waals surface area contributed by atoms with Gasteiger partial charge in [0.05, 0.1) is 24.3 Å². The minimum absolute atomic E-state index is 0.0821. The highest BCUT2D eigenvalue weighted by molar-refractivity contribution is 6.13. The van der Waals surface area contributed by atoms with Crippen LogP contribution in [-0.2, 0) is 7.05 Å². The molecule has 0 spiro atoms. The number of benzene rings is 1. The zero-order valence-electron chi connectivity index (χ0n) is 12.4. The summed E-state index contributed by atoms with van der Waals surface area (Å²) in [7, 11) is 1.73. The number of ether oxygens (including phenoxy) is 1. The molecule has 0 bridgehead atoms. The lowest BCUT2D eigenvalue weighted by Gasteiger charge is -2.09. The standard InChI is InChI=1S/C16H18N2O3/c1-11(2)21-14-6-4-12(5-7-14)15(19)8-16(20)13-9-17-18(3)10-13/h4-7,9-11H,8H2,1-3H3. The first kappa shape index (κ1) is 15.0. The van der Waals surface area contributed by atoms with Gasteiger partial charge in [-0.1, -0.05) is 0 Å². The van der Waals surface area contributed by atoms with E-state index in [9.17, 15) is 9.59 Å². The number of ketones is 2. The third-order valence-electron chi connectivity index (χ3n) is 2.90. The summed E-state index contributed by atoms with van der Waals surface area (Å²) in [5.74, 6) is 0.274. The average molecular weight is 286 g/mol. The van der Waals surface area contributed by atoms with Crippen LogP contribution in [0.3, 0.4) is 0 Å². The quantitative estimate of drug-likeness (QED) is 0.605. The maximum atomic E-state index is 12.1. The van der Waals surface area contributed by atoms with Crippen molar-refractivity contribution in [3.63, 3.8) is 0 Å². The van der Waals surface area contributed by atoms with Gasteiger partial charge in [-0.15, -0.1) is 0 Å². The summed E-state index contributed by atoms with van der Waals surface area (Å²) >= 11 is 0. The molecular weight excluding hydrogens is 268 g/mol. The molecule has 1 heterocycles. The van der Waals surface area contributed by atoms with Gasteiger partial charge in [-0.05, 0) is 38.1 Å². The van der Waals surface area contributed by atoms with E-state index < -0.39 is 0 Å². The van der Waals surface area contributed by atoms with Crippen LogP contribution in [0.4, 0.5) is 0 Å². The first-order valence-electron chi connectivity index (χ1n) is 6.77. The Morgan fingerprint density at radius 2 is 1.76 bits per heavy atom. The minimum Gasteiger partial charge on any atom is -0.491 e. The molecule has 5 nitrogen and oxygen atoms in total. The zero-order valence-corrected chi connectivity index (χ0v) is 12.4. The number of carbonyl (C=O) groups is 2. The second-order valence-electron chi connectivity index (χ2n) is 5.12. The fourth-order valence-electron chi connectivity index (χ4n) is 1.91. The van der Waals surface area contributed by atoms with Crippen LogP contribution in [0.5, 0.6) is 5.75 Å². The Kier molecular flexibility index (Phi) is 4.52. The van der Waals surface area contributed by atoms with Gasteiger partial charge in [0.1, 0.15) is 5.75 Å². The first-order valence-corrected chi connectivity index (χ1v) is 6.77. The van der Waals surface area contributed by atoms with E-state index in [1.165, 1.54) is 10.9 Å². The highest BCUT2D eigenvalue weighted by Gasteiger charge is 2.15. The van der Waals surface area contributed by atoms with Crippen LogP contribution in [0.1, 0.15) is 41.0 Å². The lowest BCUT2D eigenvalue weighted by Crippen LogP contribution is -2.09. The predicted molar refractivity (Wildman–Crippen MR) is 78.7 cm³/mol. The molecule has 0 aliphatic rings. The highest BCUT2D eigenvalue weighted by Crippen LogP contribution is 2.15. The van der Waals surface area contributed by atoms with Gasteiger partial charge in [0.25, 0.3) is 0 Å². The fourth-order valence-corrected chi connectivity index (χ4v) is 1.91. The van der Waals surface area contributed by atoms with Crippen molar-refractivity contribution in [2.24, 2.45) is 7.05 Å². The second-order valence-corrected chi connectivity index (χ2v) is 5.12. The molecule has 2 rings (SSSR count). The summed E-state index contributed by atoms with van der Waals surface area (Å²) in [6, 6.07) is 6.83. The second kappa shape index (κ2) is 6.35. The van der Waals surface area contributed by atoms with Crippen molar-refractivity contribution in [3.8, 4) is 5.75 Å². The average Bonchev–Trinajstić information content (AvgIpc) is 2.85. The van der Waals surface area contributed by atoms with Gasteiger partial charge >= 0.3 is 0 Å². The summed E-state index contributed by atoms with van der Waals surface area (Å²) in [6.07, 6.45) is 3.00. The first-order chi connectivity index (χ1) is 9.95. The number of nitrogens with zero attached hydrogens (tertiary/aromatic N) is 2. The van der Waals surface area contributed by atoms with Crippen molar-refractivity contribution in [2.45, 2.75) is 26.4 Å². The molecule has 0 N–H and O–H groups in total. The van der Waals surface area contributed by atoms with E-state index in [2.05, 4.69) is 5.10 Å². The molecule has 0 atom stereocenters. The lowest BCUT2D eigenvalue weighted by molar-refractivity contribution is 0.0894. The molecule has 0 saturated carbocycles. The zero-order chi connectivity index (χ0) is 15.4. The number of hydrogen-bond donors (Lipinski definition) is 0. The molecule has 1 aromatic heterocycles. The van der Waals surface area contributed by atoms with Crippen LogP contribution in [0.25, 0.3) is 0 Å². The van der Waals surface area contributed by atoms with E-state index in [-0.39, 0.29) is 24.1 Å². The summed E-state index contributed by atoms with van der Waals surface area (Å²) < 4.78 is 7.05. The van der Waals surface area contributed by atoms with Crippen molar-refractivity contribution in [3.05, 3.63) is 47.8 Å². The highest BCUT2D eigenvalue weighted by atomic mass is 16.5. The van der Waals surface area contributed by atoms with Crippen molar-refractivity contribution in [2.75, 3.05) is 0 Å². The van der Waals surface area contributed by atoms with Gasteiger partial charge in [0.2, 0.25) is 0 Å². The van der Waals surface area contributed by atoms with Crippen LogP contribution < -0.4 is 4.74 Å². The van der Waals surface area contributed by atoms with Crippen molar-refractivity contribution in [1.29, 1.82) is 0 Å². The van der Waals surface area contributed by atoms with Crippen LogP contribution in [-0.4, -0.2) is 27.5 Å². The molecule has 0 radical (unpaired) electrons. The molecule has 110 valence electrons. The minimum atomic E-state index is -0.226. The summed E-state index contributed by atoms with van der Waals surface area (Å²) in [6.45, 7) is 3.87. The van der Waals surface area contributed by atoms with E-state index in [0.717, 1.165) is 0 Å². The Bertz CT molecular complexity index is 642. The summed E-state index contributed by atoms with van der Waals surface area (Å²) in [5.41, 5.74) is 0.953. The van der Waals surface area contributed by atoms with Gasteiger partial charge in [-0.2, -0.15) is 5.10 Å².